The van der Waals surface area contributed by atoms with E-state index < -0.39 is 0 Å². The van der Waals surface area contributed by atoms with Gasteiger partial charge in [-0.2, -0.15) is 5.10 Å². The molecule has 0 radical (unpaired) electrons. The number of benzene rings is 3. The lowest BCUT2D eigenvalue weighted by atomic mass is 9.87. The summed E-state index contributed by atoms with van der Waals surface area (Å²) < 4.78 is 25.4. The van der Waals surface area contributed by atoms with E-state index in [1.54, 1.807) is 45.3 Å². The van der Waals surface area contributed by atoms with Gasteiger partial charge in [0.1, 0.15) is 22.9 Å². The molecule has 0 saturated heterocycles. The minimum Gasteiger partial charge on any atom is -0.486 e. The van der Waals surface area contributed by atoms with Crippen LogP contribution in [0.2, 0.25) is 0 Å². The summed E-state index contributed by atoms with van der Waals surface area (Å²) in [5.41, 5.74) is 12.6. The third-order valence-electron chi connectivity index (χ3n) is 11.2. The van der Waals surface area contributed by atoms with Crippen molar-refractivity contribution in [3.05, 3.63) is 160 Å². The maximum atomic E-state index is 5.30. The highest BCUT2D eigenvalue weighted by atomic mass is 32.1. The quantitative estimate of drug-likeness (QED) is 0.148. The molecule has 2 aliphatic rings. The van der Waals surface area contributed by atoms with Crippen LogP contribution in [0.3, 0.4) is 0 Å². The SMILES string of the molecule is C.C.C.C.C.C.CC(C)(C)c1cccc2ncsc12.CC(C)(C)c1cnn2ccccc12.CC(C)(C)c1csc2ncccc12.CC(C)(C)c1csc2ncsc12.CC(C)C.CC(C)C.c1ccc2c(c1)OCCO2.c1ccc2c(c1)OCO2. The van der Waals surface area contributed by atoms with Crippen LogP contribution in [0.1, 0.15) is 191 Å². The molecule has 0 unspecified atom stereocenters. The maximum Gasteiger partial charge on any atom is 0.231 e. The van der Waals surface area contributed by atoms with Gasteiger partial charge in [0, 0.05) is 23.3 Å². The second kappa shape index (κ2) is 36.9. The van der Waals surface area contributed by atoms with Crippen molar-refractivity contribution >= 4 is 80.8 Å². The van der Waals surface area contributed by atoms with Gasteiger partial charge in [-0.05, 0) is 109 Å². The third kappa shape index (κ3) is 24.6. The molecule has 0 saturated carbocycles. The molecule has 9 heterocycles. The summed E-state index contributed by atoms with van der Waals surface area (Å²) in [6.07, 6.45) is 5.78. The van der Waals surface area contributed by atoms with E-state index in [1.165, 1.54) is 47.4 Å². The fraction of sp³-hybridized carbons (Fsp3) is 0.465. The second-order valence-electron chi connectivity index (χ2n) is 24.2. The largest absolute Gasteiger partial charge is 0.486 e. The van der Waals surface area contributed by atoms with Crippen molar-refractivity contribution in [1.29, 1.82) is 0 Å². The first kappa shape index (κ1) is 80.2. The van der Waals surface area contributed by atoms with Crippen molar-refractivity contribution < 1.29 is 18.9 Å². The van der Waals surface area contributed by atoms with E-state index in [2.05, 4.69) is 186 Å². The van der Waals surface area contributed by atoms with Crippen molar-refractivity contribution in [1.82, 2.24) is 24.6 Å². The molecule has 0 N–H and O–H groups in total. The molecular weight excluding hydrogens is 1120 g/mol. The summed E-state index contributed by atoms with van der Waals surface area (Å²) in [4.78, 5) is 15.3. The molecule has 13 heteroatoms. The molecule has 0 spiro atoms. The Labute approximate surface area is 526 Å². The predicted octanol–water partition coefficient (Wildman–Crippen LogP) is 23.5. The number of hydrogen-bond acceptors (Lipinski definition) is 12. The van der Waals surface area contributed by atoms with Crippen molar-refractivity contribution in [3.63, 3.8) is 0 Å². The normalized spacial score (nSPS) is 11.6. The number of nitrogens with zero attached hydrogens (tertiary/aromatic N) is 5. The van der Waals surface area contributed by atoms with Gasteiger partial charge in [0.15, 0.2) is 23.0 Å². The highest BCUT2D eigenvalue weighted by Gasteiger charge is 2.21. The van der Waals surface area contributed by atoms with Gasteiger partial charge in [-0.3, -0.25) is 0 Å². The summed E-state index contributed by atoms with van der Waals surface area (Å²) in [6.45, 7) is 41.5. The smallest absolute Gasteiger partial charge is 0.231 e. The molecule has 0 amide bonds. The molecule has 84 heavy (non-hydrogen) atoms. The highest BCUT2D eigenvalue weighted by molar-refractivity contribution is 7.25. The van der Waals surface area contributed by atoms with Crippen molar-refractivity contribution in [2.24, 2.45) is 11.8 Å². The topological polar surface area (TPSA) is 92.9 Å². The number of thiazole rings is 2. The average Bonchev–Trinajstić information content (AvgIpc) is 4.22. The minimum absolute atomic E-state index is 0. The van der Waals surface area contributed by atoms with E-state index >= 15 is 0 Å². The molecule has 3 aromatic carbocycles. The van der Waals surface area contributed by atoms with Gasteiger partial charge in [-0.15, -0.1) is 45.3 Å². The predicted molar refractivity (Wildman–Crippen MR) is 378 cm³/mol. The Morgan fingerprint density at radius 3 is 1.39 bits per heavy atom. The minimum atomic E-state index is 0. The lowest BCUT2D eigenvalue weighted by Gasteiger charge is -2.19. The monoisotopic (exact) mass is 1220 g/mol. The zero-order chi connectivity index (χ0) is 57.3. The molecule has 0 fully saturated rings. The molecule has 466 valence electrons. The van der Waals surface area contributed by atoms with Gasteiger partial charge < -0.3 is 18.9 Å². The summed E-state index contributed by atoms with van der Waals surface area (Å²) in [5.74, 6) is 5.07. The van der Waals surface area contributed by atoms with Crippen LogP contribution < -0.4 is 18.9 Å². The Kier molecular flexibility index (Phi) is 35.2. The standard InChI is InChI=1S/C11H14N2.2C11H13NS.C9H11NS2.C8H8O2.C7H6O2.2C4H10.6CH4/c1-11(2,3)9-8-12-13-7-5-4-6-10(9)13;1-11(2,3)9-7-13-10-8(9)5-4-6-12-10;1-11(2,3)8-5-4-6-9-10(8)13-7-12-9;1-9(2,3)6-4-11-8-7(6)12-5-10-8;1-2-4-8-7(3-1)9-5-6-10-8;1-2-4-7-6(3-1)8-5-9-7;2*1-4(2)3;;;;;;/h4-8H,1-3H3;2*4-7H,1-3H3;4-5H,1-3H3;1-4H,5-6H2;1-4H,5H2;2*4H,1-3H3;6*1H4. The molecule has 0 aliphatic carbocycles. The Balaban J connectivity index is 0. The fourth-order valence-corrected chi connectivity index (χ4v) is 12.0. The van der Waals surface area contributed by atoms with E-state index in [1.807, 2.05) is 101 Å². The van der Waals surface area contributed by atoms with E-state index in [-0.39, 0.29) is 66.2 Å². The van der Waals surface area contributed by atoms with Crippen LogP contribution in [0.15, 0.2) is 137 Å². The number of hydrogen-bond donors (Lipinski definition) is 0. The Bertz CT molecular complexity index is 3180. The number of para-hydroxylation sites is 4. The van der Waals surface area contributed by atoms with Gasteiger partial charge >= 0.3 is 0 Å². The Morgan fingerprint density at radius 1 is 0.429 bits per heavy atom. The van der Waals surface area contributed by atoms with Gasteiger partial charge in [-0.25, -0.2) is 19.5 Å². The van der Waals surface area contributed by atoms with Crippen LogP contribution in [0.5, 0.6) is 23.0 Å². The summed E-state index contributed by atoms with van der Waals surface area (Å²) in [7, 11) is 0. The lowest BCUT2D eigenvalue weighted by Crippen LogP contribution is -2.14. The van der Waals surface area contributed by atoms with Crippen LogP contribution >= 0.6 is 45.3 Å². The molecule has 7 aromatic heterocycles. The van der Waals surface area contributed by atoms with Crippen LogP contribution in [-0.4, -0.2) is 44.6 Å². The number of aromatic nitrogens is 5. The van der Waals surface area contributed by atoms with E-state index in [4.69, 9.17) is 18.9 Å². The molecule has 0 bridgehead atoms. The first-order valence-electron chi connectivity index (χ1n) is 26.8. The summed E-state index contributed by atoms with van der Waals surface area (Å²) in [5, 5.41) is 10.1. The summed E-state index contributed by atoms with van der Waals surface area (Å²) >= 11 is 6.95. The Hall–Kier alpha value is -5.86. The van der Waals surface area contributed by atoms with Crippen LogP contribution in [0.4, 0.5) is 0 Å². The van der Waals surface area contributed by atoms with Crippen LogP contribution in [0.25, 0.3) is 35.5 Å². The highest BCUT2D eigenvalue weighted by Crippen LogP contribution is 2.37. The fourth-order valence-electron chi connectivity index (χ4n) is 7.46. The number of thiophene rings is 2. The summed E-state index contributed by atoms with van der Waals surface area (Å²) in [6, 6.07) is 32.0. The zero-order valence-corrected chi connectivity index (χ0v) is 52.8. The number of ether oxygens (including phenoxy) is 4. The van der Waals surface area contributed by atoms with Gasteiger partial charge in [0.2, 0.25) is 6.79 Å². The van der Waals surface area contributed by atoms with Crippen LogP contribution in [0, 0.1) is 11.8 Å². The molecular formula is C71H109N5O4S4. The molecule has 9 nitrogen and oxygen atoms in total. The molecule has 2 aliphatic heterocycles. The second-order valence-corrected chi connectivity index (χ2v) is 27.6. The molecule has 10 aromatic rings. The van der Waals surface area contributed by atoms with Gasteiger partial charge in [0.25, 0.3) is 0 Å². The van der Waals surface area contributed by atoms with E-state index in [9.17, 15) is 0 Å². The van der Waals surface area contributed by atoms with Crippen LogP contribution in [-0.2, 0) is 21.7 Å². The van der Waals surface area contributed by atoms with Gasteiger partial charge in [-0.1, -0.05) is 218 Å². The average molecular weight is 1220 g/mol. The lowest BCUT2D eigenvalue weighted by molar-refractivity contribution is 0.171. The van der Waals surface area contributed by atoms with E-state index in [0.717, 1.165) is 45.2 Å². The Morgan fingerprint density at radius 2 is 0.881 bits per heavy atom. The number of fused-ring (bicyclic) bond motifs is 6. The maximum absolute atomic E-state index is 5.30. The zero-order valence-electron chi connectivity index (χ0n) is 49.6. The first-order valence-corrected chi connectivity index (χ1v) is 30.4. The molecule has 0 atom stereocenters. The van der Waals surface area contributed by atoms with Crippen molar-refractivity contribution in [3.8, 4) is 23.0 Å². The number of rotatable bonds is 0. The molecule has 12 rings (SSSR count). The van der Waals surface area contributed by atoms with E-state index in [0.29, 0.717) is 20.0 Å². The van der Waals surface area contributed by atoms with Crippen molar-refractivity contribution in [2.45, 2.75) is 191 Å². The first-order chi connectivity index (χ1) is 36.8. The van der Waals surface area contributed by atoms with Crippen molar-refractivity contribution in [2.75, 3.05) is 20.0 Å². The van der Waals surface area contributed by atoms with Gasteiger partial charge in [0.05, 0.1) is 37.7 Å². The third-order valence-corrected chi connectivity index (χ3v) is 14.8. The number of pyridine rings is 2.